The van der Waals surface area contributed by atoms with Crippen molar-refractivity contribution in [3.8, 4) is 0 Å². The average Bonchev–Trinajstić information content (AvgIpc) is 3.15. The molecule has 1 fully saturated rings. The van der Waals surface area contributed by atoms with E-state index in [-0.39, 0.29) is 27.0 Å². The number of thioether (sulfide) groups is 1. The molecular weight excluding hydrogens is 755 g/mol. The molecule has 1 heterocycles. The van der Waals surface area contributed by atoms with Crippen LogP contribution < -0.4 is 0 Å². The minimum Gasteiger partial charge on any atom is -0.591 e. The highest BCUT2D eigenvalue weighted by molar-refractivity contribution is 8.00. The Morgan fingerprint density at radius 3 is 1.65 bits per heavy atom. The quantitative estimate of drug-likeness (QED) is 0.0367. The zero-order valence-corrected chi connectivity index (χ0v) is 35.5. The number of allylic oxidation sites excluding steroid dienone is 1. The van der Waals surface area contributed by atoms with E-state index in [1.165, 1.54) is 18.0 Å². The Balaban J connectivity index is 1.86. The van der Waals surface area contributed by atoms with E-state index in [0.29, 0.717) is 13.0 Å². The van der Waals surface area contributed by atoms with Gasteiger partial charge in [-0.25, -0.2) is 14.4 Å². The van der Waals surface area contributed by atoms with Crippen molar-refractivity contribution in [1.29, 1.82) is 0 Å². The molecule has 2 unspecified atom stereocenters. The summed E-state index contributed by atoms with van der Waals surface area (Å²) in [7, 11) is -2.20. The predicted octanol–water partition coefficient (Wildman–Crippen LogP) is 8.62. The first-order chi connectivity index (χ1) is 25.9. The van der Waals surface area contributed by atoms with Gasteiger partial charge in [0.25, 0.3) is 0 Å². The fraction of sp³-hybridized carbons (Fsp3) is 0.429. The molecule has 7 atom stereocenters. The third kappa shape index (κ3) is 12.4. The summed E-state index contributed by atoms with van der Waals surface area (Å²) in [4.78, 5) is 41.5. The van der Waals surface area contributed by atoms with Crippen molar-refractivity contribution in [2.75, 3.05) is 6.61 Å². The van der Waals surface area contributed by atoms with Crippen LogP contribution in [0.1, 0.15) is 79.0 Å². The maximum Gasteiger partial charge on any atom is 0.338 e. The first-order valence-corrected chi connectivity index (χ1v) is 23.2. The topological polar surface area (TPSA) is 133 Å². The summed E-state index contributed by atoms with van der Waals surface area (Å²) in [6.45, 7) is 20.4. The first kappa shape index (κ1) is 44.0. The molecule has 1 aliphatic rings. The molecule has 0 spiro atoms. The highest BCUT2D eigenvalue weighted by atomic mass is 32.2. The zero-order chi connectivity index (χ0) is 40.4. The molecule has 0 amide bonds. The minimum absolute atomic E-state index is 0.0532. The van der Waals surface area contributed by atoms with Crippen molar-refractivity contribution in [3.63, 3.8) is 0 Å². The van der Waals surface area contributed by atoms with Gasteiger partial charge in [-0.1, -0.05) is 85.8 Å². The van der Waals surface area contributed by atoms with Crippen LogP contribution in [0.5, 0.6) is 0 Å². The van der Waals surface area contributed by atoms with Crippen molar-refractivity contribution < 1.29 is 42.3 Å². The van der Waals surface area contributed by atoms with Crippen molar-refractivity contribution in [2.24, 2.45) is 4.40 Å². The van der Waals surface area contributed by atoms with Crippen molar-refractivity contribution in [3.05, 3.63) is 120 Å². The third-order valence-corrected chi connectivity index (χ3v) is 16.5. The summed E-state index contributed by atoms with van der Waals surface area (Å²) in [5.74, 6) is -2.18. The van der Waals surface area contributed by atoms with E-state index in [2.05, 4.69) is 44.8 Å². The summed E-state index contributed by atoms with van der Waals surface area (Å²) in [6, 6.07) is 25.0. The van der Waals surface area contributed by atoms with Crippen LogP contribution in [0.2, 0.25) is 18.1 Å². The van der Waals surface area contributed by atoms with Gasteiger partial charge < -0.3 is 27.9 Å². The predicted molar refractivity (Wildman–Crippen MR) is 221 cm³/mol. The van der Waals surface area contributed by atoms with Crippen LogP contribution in [0.4, 0.5) is 0 Å². The molecule has 55 heavy (non-hydrogen) atoms. The molecule has 13 heteroatoms. The molecule has 4 rings (SSSR count). The minimum atomic E-state index is -2.20. The third-order valence-electron chi connectivity index (χ3n) is 9.31. The van der Waals surface area contributed by atoms with E-state index in [1.54, 1.807) is 118 Å². The number of hydrogen-bond acceptors (Lipinski definition) is 11. The van der Waals surface area contributed by atoms with E-state index < -0.39 is 72.2 Å². The Morgan fingerprint density at radius 1 is 0.800 bits per heavy atom. The van der Waals surface area contributed by atoms with E-state index in [9.17, 15) is 18.9 Å². The van der Waals surface area contributed by atoms with Crippen LogP contribution in [0.3, 0.4) is 0 Å². The van der Waals surface area contributed by atoms with Crippen molar-refractivity contribution in [1.82, 2.24) is 0 Å². The number of rotatable bonds is 15. The van der Waals surface area contributed by atoms with Gasteiger partial charge in [-0.2, -0.15) is 0 Å². The molecule has 10 nitrogen and oxygen atoms in total. The van der Waals surface area contributed by atoms with Crippen LogP contribution in [-0.4, -0.2) is 83.4 Å². The van der Waals surface area contributed by atoms with Crippen LogP contribution in [-0.2, 0) is 34.7 Å². The molecule has 0 N–H and O–H groups in total. The van der Waals surface area contributed by atoms with Crippen LogP contribution in [0.25, 0.3) is 0 Å². The molecule has 0 bridgehead atoms. The second-order valence-electron chi connectivity index (χ2n) is 15.6. The second-order valence-corrected chi connectivity index (χ2v) is 23.8. The van der Waals surface area contributed by atoms with E-state index in [0.717, 1.165) is 0 Å². The second kappa shape index (κ2) is 19.4. The monoisotopic (exact) mass is 807 g/mol. The van der Waals surface area contributed by atoms with Crippen LogP contribution >= 0.6 is 11.8 Å². The Bertz CT molecular complexity index is 1750. The lowest BCUT2D eigenvalue weighted by atomic mass is 9.99. The standard InChI is InChI=1S/C42H53NO9S2Si/c1-10-20-32(28-48-55(8,9)42(5,6)7)53-40-36(52-39(46)31-25-18-13-19-26-31)35(51-38(45)30-23-16-12-17-24-30)34(50-37(44)29-21-14-11-15-22-29)33(49-40)27-43-54(47)41(2,3)4/h10-19,21-27,32-36,40H,1,20,28H2,2-9H3/t32?,33-,34+,35+,36-,40-,54?/m1/s1. The van der Waals surface area contributed by atoms with Crippen LogP contribution in [0.15, 0.2) is 108 Å². The normalized spacial score (nSPS) is 21.7. The summed E-state index contributed by atoms with van der Waals surface area (Å²) < 4.78 is 48.8. The fourth-order valence-electron chi connectivity index (χ4n) is 5.09. The van der Waals surface area contributed by atoms with Crippen molar-refractivity contribution >= 4 is 55.6 Å². The average molecular weight is 808 g/mol. The number of ether oxygens (including phenoxy) is 4. The smallest absolute Gasteiger partial charge is 0.338 e. The maximum absolute atomic E-state index is 13.9. The molecule has 296 valence electrons. The Kier molecular flexibility index (Phi) is 15.5. The Labute approximate surface area is 333 Å². The molecule has 0 aromatic heterocycles. The van der Waals surface area contributed by atoms with E-state index in [1.807, 2.05) is 0 Å². The summed E-state index contributed by atoms with van der Waals surface area (Å²) in [5.41, 5.74) is -0.302. The lowest BCUT2D eigenvalue weighted by Gasteiger charge is -2.44. The number of carbonyl (C=O) groups is 3. The zero-order valence-electron chi connectivity index (χ0n) is 32.8. The molecule has 1 aliphatic heterocycles. The SMILES string of the molecule is C=CCC(CO[Si](C)(C)C(C)(C)C)S[C@H]1O[C@H](C=N[S+]([O-])C(C)(C)C)[C@H](OC(=O)c2ccccc2)[C@H](OC(=O)c2ccccc2)[C@H]1OC(=O)c1ccccc1. The highest BCUT2D eigenvalue weighted by Gasteiger charge is 2.53. The van der Waals surface area contributed by atoms with Gasteiger partial charge in [-0.3, -0.25) is 0 Å². The molecule has 3 aromatic rings. The number of benzene rings is 3. The van der Waals surface area contributed by atoms with Gasteiger partial charge in [0.2, 0.25) is 0 Å². The van der Waals surface area contributed by atoms with Gasteiger partial charge in [0, 0.05) is 11.9 Å². The number of carbonyl (C=O) groups excluding carboxylic acids is 3. The van der Waals surface area contributed by atoms with Gasteiger partial charge in [0.1, 0.15) is 27.6 Å². The highest BCUT2D eigenvalue weighted by Crippen LogP contribution is 2.40. The van der Waals surface area contributed by atoms with Gasteiger partial charge in [0.05, 0.1) is 22.9 Å². The number of hydrogen-bond donors (Lipinski definition) is 0. The Hall–Kier alpha value is -3.72. The molecule has 0 saturated carbocycles. The fourth-order valence-corrected chi connectivity index (χ4v) is 8.14. The van der Waals surface area contributed by atoms with Gasteiger partial charge in [-0.15, -0.1) is 18.3 Å². The van der Waals surface area contributed by atoms with Gasteiger partial charge in [-0.05, 0) is 81.7 Å². The van der Waals surface area contributed by atoms with E-state index in [4.69, 9.17) is 23.4 Å². The lowest BCUT2D eigenvalue weighted by molar-refractivity contribution is -0.181. The van der Waals surface area contributed by atoms with Crippen LogP contribution in [0, 0.1) is 0 Å². The van der Waals surface area contributed by atoms with Crippen molar-refractivity contribution in [2.45, 2.75) is 106 Å². The molecular formula is C42H53NO9S2Si. The maximum atomic E-state index is 13.9. The number of nitrogens with zero attached hydrogens (tertiary/aromatic N) is 1. The molecule has 3 aromatic carbocycles. The Morgan fingerprint density at radius 2 is 1.24 bits per heavy atom. The largest absolute Gasteiger partial charge is 0.591 e. The van der Waals surface area contributed by atoms with E-state index >= 15 is 0 Å². The summed E-state index contributed by atoms with van der Waals surface area (Å²) in [6.07, 6.45) is -1.70. The van der Waals surface area contributed by atoms with Gasteiger partial charge in [0.15, 0.2) is 26.6 Å². The summed E-state index contributed by atoms with van der Waals surface area (Å²) in [5, 5.41) is -0.299. The first-order valence-electron chi connectivity index (χ1n) is 18.2. The molecule has 0 aliphatic carbocycles. The summed E-state index contributed by atoms with van der Waals surface area (Å²) >= 11 is -0.392. The molecule has 1 saturated heterocycles. The lowest BCUT2D eigenvalue weighted by Crippen LogP contribution is -2.61. The number of esters is 3. The van der Waals surface area contributed by atoms with Gasteiger partial charge >= 0.3 is 17.9 Å². The molecule has 0 radical (unpaired) electrons.